The van der Waals surface area contributed by atoms with E-state index in [1.165, 1.54) is 24.4 Å². The Bertz CT molecular complexity index is 1340. The van der Waals surface area contributed by atoms with E-state index in [1.807, 2.05) is 36.4 Å². The van der Waals surface area contributed by atoms with Gasteiger partial charge in [0.1, 0.15) is 18.2 Å². The number of hydrogen-bond acceptors (Lipinski definition) is 10. The predicted molar refractivity (Wildman–Crippen MR) is 145 cm³/mol. The van der Waals surface area contributed by atoms with Crippen LogP contribution in [0.2, 0.25) is 0 Å². The third-order valence-corrected chi connectivity index (χ3v) is 7.50. The molecular weight excluding hydrogens is 500 g/mol. The molecular formula is C28H28N6O3S. The van der Waals surface area contributed by atoms with Crippen molar-refractivity contribution < 1.29 is 14.3 Å². The summed E-state index contributed by atoms with van der Waals surface area (Å²) in [6.07, 6.45) is 1.61. The Balaban J connectivity index is 1.15. The van der Waals surface area contributed by atoms with Gasteiger partial charge in [-0.25, -0.2) is 4.98 Å². The number of carbonyl (C=O) groups is 1. The Morgan fingerprint density at radius 3 is 2.53 bits per heavy atom. The fraction of sp³-hybridized carbons (Fsp3) is 0.286. The van der Waals surface area contributed by atoms with Gasteiger partial charge in [0.05, 0.1) is 30.1 Å². The highest BCUT2D eigenvalue weighted by Crippen LogP contribution is 2.43. The minimum absolute atomic E-state index is 0.188. The zero-order valence-electron chi connectivity index (χ0n) is 21.1. The number of anilines is 1. The highest BCUT2D eigenvalue weighted by Gasteiger charge is 2.21. The number of nitriles is 1. The van der Waals surface area contributed by atoms with E-state index in [2.05, 4.69) is 43.3 Å². The molecule has 2 aromatic carbocycles. The maximum absolute atomic E-state index is 11.5. The molecule has 0 spiro atoms. The number of hydrogen-bond donors (Lipinski definition) is 1. The van der Waals surface area contributed by atoms with Crippen LogP contribution >= 0.6 is 11.8 Å². The van der Waals surface area contributed by atoms with Crippen molar-refractivity contribution in [1.82, 2.24) is 19.8 Å². The Kier molecular flexibility index (Phi) is 8.19. The molecule has 38 heavy (non-hydrogen) atoms. The number of carbonyl (C=O) groups excluding carboxylic acids is 1. The number of para-hydroxylation sites is 1. The predicted octanol–water partition coefficient (Wildman–Crippen LogP) is 3.76. The fourth-order valence-corrected chi connectivity index (χ4v) is 5.31. The third-order valence-electron chi connectivity index (χ3n) is 6.42. The number of fused-ring (bicyclic) bond motifs is 1. The first-order chi connectivity index (χ1) is 18.6. The molecule has 0 radical (unpaired) electrons. The summed E-state index contributed by atoms with van der Waals surface area (Å²) in [5.74, 6) is -0.188. The van der Waals surface area contributed by atoms with Crippen molar-refractivity contribution in [3.8, 4) is 12.1 Å². The van der Waals surface area contributed by atoms with E-state index in [0.29, 0.717) is 24.4 Å². The normalized spacial score (nSPS) is 16.7. The van der Waals surface area contributed by atoms with Gasteiger partial charge in [-0.05, 0) is 29.3 Å². The summed E-state index contributed by atoms with van der Waals surface area (Å²) in [4.78, 5) is 25.8. The molecule has 0 amide bonds. The number of allylic oxidation sites excluding steroid dienone is 1. The van der Waals surface area contributed by atoms with Gasteiger partial charge in [0.2, 0.25) is 0 Å². The van der Waals surface area contributed by atoms with Crippen LogP contribution in [0.25, 0.3) is 5.57 Å². The van der Waals surface area contributed by atoms with Crippen LogP contribution in [0.3, 0.4) is 0 Å². The standard InChI is InChI=1S/C28H28N6O3S/c1-36-26(35)18-34-14-12-33(13-15-34)17-20-6-8-21(9-7-20)19-37-28-30-11-10-23(32-28)22(16-29)27-31-24-4-2-3-5-25(24)38-27/h2-11,31H,12-15,17-19H2,1H3. The van der Waals surface area contributed by atoms with E-state index < -0.39 is 0 Å². The molecule has 0 aliphatic carbocycles. The topological polar surface area (TPSA) is 104 Å². The highest BCUT2D eigenvalue weighted by atomic mass is 32.2. The van der Waals surface area contributed by atoms with Crippen LogP contribution in [0.15, 0.2) is 70.7 Å². The summed E-state index contributed by atoms with van der Waals surface area (Å²) in [5.41, 5.74) is 4.18. The number of nitrogens with zero attached hydrogens (tertiary/aromatic N) is 5. The molecule has 9 nitrogen and oxygen atoms in total. The summed E-state index contributed by atoms with van der Waals surface area (Å²) in [7, 11) is 1.42. The summed E-state index contributed by atoms with van der Waals surface area (Å²) in [6.45, 7) is 5.07. The van der Waals surface area contributed by atoms with E-state index in [-0.39, 0.29) is 12.0 Å². The number of esters is 1. The molecule has 2 aliphatic rings. The number of aromatic nitrogens is 2. The van der Waals surface area contributed by atoms with Gasteiger partial charge in [-0.2, -0.15) is 10.2 Å². The van der Waals surface area contributed by atoms with E-state index in [4.69, 9.17) is 9.47 Å². The average molecular weight is 529 g/mol. The van der Waals surface area contributed by atoms with Gasteiger partial charge in [0.15, 0.2) is 0 Å². The first-order valence-electron chi connectivity index (χ1n) is 12.3. The number of thioether (sulfide) groups is 1. The summed E-state index contributed by atoms with van der Waals surface area (Å²) in [5, 5.41) is 13.9. The van der Waals surface area contributed by atoms with Gasteiger partial charge in [-0.3, -0.25) is 14.6 Å². The Hall–Kier alpha value is -3.91. The lowest BCUT2D eigenvalue weighted by atomic mass is 10.1. The van der Waals surface area contributed by atoms with Crippen molar-refractivity contribution in [2.24, 2.45) is 0 Å². The number of piperazine rings is 1. The second-order valence-corrected chi connectivity index (χ2v) is 10.0. The molecule has 0 atom stereocenters. The third kappa shape index (κ3) is 6.31. The molecule has 3 heterocycles. The van der Waals surface area contributed by atoms with Crippen molar-refractivity contribution in [3.63, 3.8) is 0 Å². The van der Waals surface area contributed by atoms with Crippen LogP contribution in [0.5, 0.6) is 6.01 Å². The van der Waals surface area contributed by atoms with Gasteiger partial charge in [0, 0.05) is 43.8 Å². The van der Waals surface area contributed by atoms with E-state index in [9.17, 15) is 10.1 Å². The van der Waals surface area contributed by atoms with Crippen molar-refractivity contribution in [3.05, 3.63) is 82.6 Å². The maximum Gasteiger partial charge on any atom is 0.319 e. The fourth-order valence-electron chi connectivity index (χ4n) is 4.30. The maximum atomic E-state index is 11.5. The highest BCUT2D eigenvalue weighted by molar-refractivity contribution is 8.04. The molecule has 1 fully saturated rings. The molecule has 2 aliphatic heterocycles. The van der Waals surface area contributed by atoms with Crippen LogP contribution in [0.1, 0.15) is 16.8 Å². The molecule has 10 heteroatoms. The SMILES string of the molecule is COC(=O)CN1CCN(Cc2ccc(COc3nccc(C(C#N)=C4Nc5ccccc5S4)n3)cc2)CC1. The Morgan fingerprint density at radius 2 is 1.79 bits per heavy atom. The lowest BCUT2D eigenvalue weighted by Gasteiger charge is -2.34. The van der Waals surface area contributed by atoms with Gasteiger partial charge >= 0.3 is 12.0 Å². The molecule has 5 rings (SSSR count). The number of ether oxygens (including phenoxy) is 2. The molecule has 0 saturated carbocycles. The van der Waals surface area contributed by atoms with Crippen molar-refractivity contribution in [2.45, 2.75) is 18.0 Å². The van der Waals surface area contributed by atoms with Crippen molar-refractivity contribution in [2.75, 3.05) is 45.2 Å². The first-order valence-corrected chi connectivity index (χ1v) is 13.2. The van der Waals surface area contributed by atoms with Gasteiger partial charge in [0.25, 0.3) is 0 Å². The number of nitrogens with one attached hydrogen (secondary N) is 1. The zero-order valence-corrected chi connectivity index (χ0v) is 21.9. The number of methoxy groups -OCH3 is 1. The Morgan fingerprint density at radius 1 is 1.05 bits per heavy atom. The second-order valence-electron chi connectivity index (χ2n) is 9.00. The molecule has 194 valence electrons. The monoisotopic (exact) mass is 528 g/mol. The molecule has 0 bridgehead atoms. The van der Waals surface area contributed by atoms with Crippen LogP contribution in [-0.4, -0.2) is 65.6 Å². The lowest BCUT2D eigenvalue weighted by Crippen LogP contribution is -2.47. The lowest BCUT2D eigenvalue weighted by molar-refractivity contribution is -0.142. The molecule has 1 saturated heterocycles. The van der Waals surface area contributed by atoms with Crippen LogP contribution < -0.4 is 10.1 Å². The van der Waals surface area contributed by atoms with Gasteiger partial charge in [-0.1, -0.05) is 48.2 Å². The second kappa shape index (κ2) is 12.1. The molecule has 1 aromatic heterocycles. The Labute approximate surface area is 226 Å². The summed E-state index contributed by atoms with van der Waals surface area (Å²) < 4.78 is 10.6. The summed E-state index contributed by atoms with van der Waals surface area (Å²) in [6, 6.07) is 20.5. The average Bonchev–Trinajstić information content (AvgIpc) is 3.38. The molecule has 1 N–H and O–H groups in total. The zero-order chi connectivity index (χ0) is 26.3. The molecule has 3 aromatic rings. The largest absolute Gasteiger partial charge is 0.468 e. The molecule has 0 unspecified atom stereocenters. The van der Waals surface area contributed by atoms with E-state index >= 15 is 0 Å². The van der Waals surface area contributed by atoms with Crippen LogP contribution in [-0.2, 0) is 22.7 Å². The van der Waals surface area contributed by atoms with Crippen molar-refractivity contribution >= 4 is 29.0 Å². The minimum atomic E-state index is -0.188. The quantitative estimate of drug-likeness (QED) is 0.343. The van der Waals surface area contributed by atoms with Crippen LogP contribution in [0.4, 0.5) is 5.69 Å². The minimum Gasteiger partial charge on any atom is -0.468 e. The summed E-state index contributed by atoms with van der Waals surface area (Å²) >= 11 is 1.52. The van der Waals surface area contributed by atoms with E-state index in [0.717, 1.165) is 53.9 Å². The smallest absolute Gasteiger partial charge is 0.319 e. The van der Waals surface area contributed by atoms with Crippen LogP contribution in [0, 0.1) is 11.3 Å². The van der Waals surface area contributed by atoms with Gasteiger partial charge < -0.3 is 14.8 Å². The number of rotatable bonds is 8. The van der Waals surface area contributed by atoms with E-state index in [1.54, 1.807) is 12.3 Å². The van der Waals surface area contributed by atoms with Crippen molar-refractivity contribution in [1.29, 1.82) is 5.26 Å². The number of benzene rings is 2. The van der Waals surface area contributed by atoms with Gasteiger partial charge in [-0.15, -0.1) is 0 Å². The first kappa shape index (κ1) is 25.7.